The number of nitrogens with zero attached hydrogens (tertiary/aromatic N) is 1. The zero-order chi connectivity index (χ0) is 8.27. The van der Waals surface area contributed by atoms with Crippen LogP contribution in [0.5, 0.6) is 0 Å². The van der Waals surface area contributed by atoms with Gasteiger partial charge in [0, 0.05) is 12.7 Å². The van der Waals surface area contributed by atoms with E-state index < -0.39 is 0 Å². The minimum absolute atomic E-state index is 0.322. The predicted octanol–water partition coefficient (Wildman–Crippen LogP) is 1.59. The number of hydrogen-bond donors (Lipinski definition) is 1. The van der Waals surface area contributed by atoms with Gasteiger partial charge in [-0.05, 0) is 13.1 Å². The summed E-state index contributed by atoms with van der Waals surface area (Å²) in [7, 11) is 1.73. The predicted molar refractivity (Wildman–Crippen MR) is 42.0 cm³/mol. The summed E-state index contributed by atoms with van der Waals surface area (Å²) in [6.45, 7) is 0.420. The van der Waals surface area contributed by atoms with Crippen molar-refractivity contribution in [3.8, 4) is 0 Å². The normalized spacial score (nSPS) is 10.1. The average Bonchev–Trinajstić information content (AvgIpc) is 1.95. The largest absolute Gasteiger partial charge is 0.314 e. The van der Waals surface area contributed by atoms with E-state index in [-0.39, 0.29) is 5.82 Å². The molecular weight excluding hydrogens is 167 g/mol. The van der Waals surface area contributed by atoms with E-state index in [1.165, 1.54) is 12.3 Å². The van der Waals surface area contributed by atoms with Crippen LogP contribution in [0.3, 0.4) is 0 Å². The van der Waals surface area contributed by atoms with Gasteiger partial charge in [-0.25, -0.2) is 4.39 Å². The van der Waals surface area contributed by atoms with Crippen LogP contribution in [0.4, 0.5) is 4.39 Å². The second-order valence-electron chi connectivity index (χ2n) is 2.11. The third-order valence-electron chi connectivity index (χ3n) is 1.23. The molecule has 1 rings (SSSR count). The van der Waals surface area contributed by atoms with Crippen LogP contribution in [0.15, 0.2) is 12.3 Å². The van der Waals surface area contributed by atoms with Gasteiger partial charge in [-0.15, -0.1) is 0 Å². The summed E-state index contributed by atoms with van der Waals surface area (Å²) in [5.41, 5.74) is 0.386. The Balaban J connectivity index is 2.90. The molecule has 0 aliphatic carbocycles. The number of nitrogens with one attached hydrogen (secondary N) is 1. The van der Waals surface area contributed by atoms with Gasteiger partial charge in [0.2, 0.25) is 0 Å². The lowest BCUT2D eigenvalue weighted by atomic mass is 10.3. The molecular formula is C7H8ClFN2. The van der Waals surface area contributed by atoms with Crippen LogP contribution < -0.4 is 5.32 Å². The van der Waals surface area contributed by atoms with Crippen molar-refractivity contribution >= 4 is 11.6 Å². The van der Waals surface area contributed by atoms with Crippen LogP contribution in [-0.4, -0.2) is 12.0 Å². The van der Waals surface area contributed by atoms with E-state index in [9.17, 15) is 4.39 Å². The minimum atomic E-state index is -0.369. The fourth-order valence-corrected chi connectivity index (χ4v) is 0.885. The summed E-state index contributed by atoms with van der Waals surface area (Å²) in [5, 5.41) is 3.12. The molecule has 0 saturated heterocycles. The van der Waals surface area contributed by atoms with Crippen LogP contribution in [0.2, 0.25) is 5.02 Å². The van der Waals surface area contributed by atoms with Gasteiger partial charge in [0.15, 0.2) is 0 Å². The van der Waals surface area contributed by atoms with Gasteiger partial charge in [0.1, 0.15) is 5.82 Å². The molecule has 0 fully saturated rings. The molecule has 0 spiro atoms. The third-order valence-corrected chi connectivity index (χ3v) is 1.43. The molecule has 0 aromatic carbocycles. The molecule has 0 bridgehead atoms. The Hall–Kier alpha value is -0.670. The van der Waals surface area contributed by atoms with E-state index in [1.54, 1.807) is 7.05 Å². The van der Waals surface area contributed by atoms with Crippen molar-refractivity contribution in [2.75, 3.05) is 7.05 Å². The number of aromatic nitrogens is 1. The third kappa shape index (κ3) is 2.13. The van der Waals surface area contributed by atoms with Gasteiger partial charge in [-0.3, -0.25) is 4.98 Å². The van der Waals surface area contributed by atoms with E-state index >= 15 is 0 Å². The molecule has 0 unspecified atom stereocenters. The van der Waals surface area contributed by atoms with Gasteiger partial charge in [0.25, 0.3) is 0 Å². The van der Waals surface area contributed by atoms with Gasteiger partial charge in [-0.1, -0.05) is 11.6 Å². The second kappa shape index (κ2) is 3.64. The number of halogens is 2. The number of pyridine rings is 1. The molecule has 0 aliphatic heterocycles. The first-order chi connectivity index (χ1) is 5.24. The summed E-state index contributed by atoms with van der Waals surface area (Å²) >= 11 is 5.49. The molecule has 1 heterocycles. The monoisotopic (exact) mass is 174 g/mol. The van der Waals surface area contributed by atoms with Gasteiger partial charge < -0.3 is 5.32 Å². The van der Waals surface area contributed by atoms with Crippen molar-refractivity contribution in [2.24, 2.45) is 0 Å². The van der Waals surface area contributed by atoms with Crippen molar-refractivity contribution in [3.05, 3.63) is 28.8 Å². The van der Waals surface area contributed by atoms with Crippen LogP contribution in [0.25, 0.3) is 0 Å². The number of hydrogen-bond acceptors (Lipinski definition) is 2. The van der Waals surface area contributed by atoms with Crippen molar-refractivity contribution in [2.45, 2.75) is 6.54 Å². The Bertz CT molecular complexity index is 252. The smallest absolute Gasteiger partial charge is 0.147 e. The Morgan fingerprint density at radius 1 is 1.73 bits per heavy atom. The summed E-state index contributed by atoms with van der Waals surface area (Å²) < 4.78 is 12.9. The highest BCUT2D eigenvalue weighted by molar-refractivity contribution is 6.30. The molecule has 1 aromatic rings. The quantitative estimate of drug-likeness (QED) is 0.737. The summed E-state index contributed by atoms with van der Waals surface area (Å²) in [5.74, 6) is -0.369. The van der Waals surface area contributed by atoms with Crippen molar-refractivity contribution in [3.63, 3.8) is 0 Å². The summed E-state index contributed by atoms with van der Waals surface area (Å²) in [4.78, 5) is 3.80. The SMILES string of the molecule is CNCc1ncc(Cl)cc1F. The fraction of sp³-hybridized carbons (Fsp3) is 0.286. The van der Waals surface area contributed by atoms with E-state index in [4.69, 9.17) is 11.6 Å². The zero-order valence-corrected chi connectivity index (χ0v) is 6.82. The highest BCUT2D eigenvalue weighted by atomic mass is 35.5. The van der Waals surface area contributed by atoms with Crippen LogP contribution in [-0.2, 0) is 6.54 Å². The molecule has 60 valence electrons. The van der Waals surface area contributed by atoms with E-state index in [0.717, 1.165) is 0 Å². The molecule has 1 aromatic heterocycles. The maximum atomic E-state index is 12.9. The number of rotatable bonds is 2. The summed E-state index contributed by atoms with van der Waals surface area (Å²) in [6, 6.07) is 1.25. The van der Waals surface area contributed by atoms with Crippen molar-refractivity contribution in [1.29, 1.82) is 0 Å². The minimum Gasteiger partial charge on any atom is -0.314 e. The van der Waals surface area contributed by atoms with E-state index in [0.29, 0.717) is 17.3 Å². The lowest BCUT2D eigenvalue weighted by Crippen LogP contribution is -2.08. The maximum Gasteiger partial charge on any atom is 0.147 e. The molecule has 4 heteroatoms. The van der Waals surface area contributed by atoms with Crippen molar-refractivity contribution in [1.82, 2.24) is 10.3 Å². The first-order valence-electron chi connectivity index (χ1n) is 3.18. The Kier molecular flexibility index (Phi) is 2.79. The van der Waals surface area contributed by atoms with Gasteiger partial charge in [-0.2, -0.15) is 0 Å². The second-order valence-corrected chi connectivity index (χ2v) is 2.55. The van der Waals surface area contributed by atoms with Gasteiger partial charge in [0.05, 0.1) is 10.7 Å². The molecule has 0 amide bonds. The topological polar surface area (TPSA) is 24.9 Å². The molecule has 2 nitrogen and oxygen atoms in total. The highest BCUT2D eigenvalue weighted by Gasteiger charge is 2.01. The Morgan fingerprint density at radius 2 is 2.45 bits per heavy atom. The standard InChI is InChI=1S/C7H8ClFN2/c1-10-4-7-6(9)2-5(8)3-11-7/h2-3,10H,4H2,1H3. The zero-order valence-electron chi connectivity index (χ0n) is 6.06. The Labute approximate surface area is 69.4 Å². The fourth-order valence-electron chi connectivity index (χ4n) is 0.740. The van der Waals surface area contributed by atoms with Crippen LogP contribution >= 0.6 is 11.6 Å². The maximum absolute atomic E-state index is 12.9. The molecule has 0 radical (unpaired) electrons. The molecule has 1 N–H and O–H groups in total. The van der Waals surface area contributed by atoms with Crippen LogP contribution in [0.1, 0.15) is 5.69 Å². The molecule has 11 heavy (non-hydrogen) atoms. The van der Waals surface area contributed by atoms with Crippen molar-refractivity contribution < 1.29 is 4.39 Å². The molecule has 0 atom stereocenters. The Morgan fingerprint density at radius 3 is 3.00 bits per heavy atom. The summed E-state index contributed by atoms with van der Waals surface area (Å²) in [6.07, 6.45) is 1.43. The molecule has 0 aliphatic rings. The lowest BCUT2D eigenvalue weighted by molar-refractivity contribution is 0.588. The lowest BCUT2D eigenvalue weighted by Gasteiger charge is -1.99. The van der Waals surface area contributed by atoms with E-state index in [2.05, 4.69) is 10.3 Å². The van der Waals surface area contributed by atoms with Crippen LogP contribution in [0, 0.1) is 5.82 Å². The first kappa shape index (κ1) is 8.43. The highest BCUT2D eigenvalue weighted by Crippen LogP contribution is 2.10. The van der Waals surface area contributed by atoms with E-state index in [1.807, 2.05) is 0 Å². The molecule has 0 saturated carbocycles. The average molecular weight is 175 g/mol. The first-order valence-corrected chi connectivity index (χ1v) is 3.56. The van der Waals surface area contributed by atoms with Gasteiger partial charge >= 0.3 is 0 Å².